The van der Waals surface area contributed by atoms with E-state index in [4.69, 9.17) is 17.3 Å². The van der Waals surface area contributed by atoms with Crippen LogP contribution in [-0.2, 0) is 0 Å². The summed E-state index contributed by atoms with van der Waals surface area (Å²) in [7, 11) is 0. The lowest BCUT2D eigenvalue weighted by molar-refractivity contribution is 0.594. The van der Waals surface area contributed by atoms with E-state index in [1.807, 2.05) is 31.2 Å². The van der Waals surface area contributed by atoms with Gasteiger partial charge in [-0.3, -0.25) is 0 Å². The topological polar surface area (TPSA) is 26.0 Å². The van der Waals surface area contributed by atoms with Crippen LogP contribution < -0.4 is 5.73 Å². The molecule has 0 aromatic heterocycles. The average molecular weight is 296 g/mol. The molecule has 0 saturated heterocycles. The molecule has 0 saturated carbocycles. The smallest absolute Gasteiger partial charge is 0.128 e. The molecule has 0 fully saturated rings. The molecule has 19 heavy (non-hydrogen) atoms. The van der Waals surface area contributed by atoms with Crippen molar-refractivity contribution in [2.45, 2.75) is 17.9 Å². The maximum absolute atomic E-state index is 13.7. The Labute approximate surface area is 122 Å². The monoisotopic (exact) mass is 295 g/mol. The molecule has 1 unspecified atom stereocenters. The molecule has 2 rings (SSSR count). The van der Waals surface area contributed by atoms with Gasteiger partial charge >= 0.3 is 0 Å². The number of rotatable bonds is 4. The molecular formula is C15H15ClFNS. The summed E-state index contributed by atoms with van der Waals surface area (Å²) in [6, 6.07) is 12.2. The Morgan fingerprint density at radius 1 is 1.26 bits per heavy atom. The summed E-state index contributed by atoms with van der Waals surface area (Å²) in [6.07, 6.45) is 0. The molecule has 2 aromatic carbocycles. The van der Waals surface area contributed by atoms with E-state index in [2.05, 4.69) is 0 Å². The summed E-state index contributed by atoms with van der Waals surface area (Å²) in [5.41, 5.74) is 7.62. The molecule has 0 aliphatic carbocycles. The van der Waals surface area contributed by atoms with Crippen LogP contribution in [0, 0.1) is 12.7 Å². The van der Waals surface area contributed by atoms with Crippen LogP contribution in [0.1, 0.15) is 17.2 Å². The van der Waals surface area contributed by atoms with Crippen molar-refractivity contribution in [3.8, 4) is 0 Å². The van der Waals surface area contributed by atoms with Crippen molar-refractivity contribution in [2.75, 3.05) is 5.75 Å². The maximum Gasteiger partial charge on any atom is 0.128 e. The molecule has 0 amide bonds. The lowest BCUT2D eigenvalue weighted by Gasteiger charge is -2.14. The molecule has 0 radical (unpaired) electrons. The van der Waals surface area contributed by atoms with Crippen LogP contribution in [0.2, 0.25) is 5.02 Å². The molecule has 0 aliphatic heterocycles. The Morgan fingerprint density at radius 3 is 2.74 bits per heavy atom. The molecule has 1 atom stereocenters. The SMILES string of the molecule is Cc1ccc(F)c(C(N)CSc2ccccc2Cl)c1. The van der Waals surface area contributed by atoms with Crippen molar-refractivity contribution >= 4 is 23.4 Å². The summed E-state index contributed by atoms with van der Waals surface area (Å²) < 4.78 is 13.7. The van der Waals surface area contributed by atoms with E-state index in [1.54, 1.807) is 23.9 Å². The van der Waals surface area contributed by atoms with Gasteiger partial charge in [-0.1, -0.05) is 41.4 Å². The van der Waals surface area contributed by atoms with E-state index in [1.165, 1.54) is 6.07 Å². The van der Waals surface area contributed by atoms with Crippen LogP contribution in [0.4, 0.5) is 4.39 Å². The molecule has 0 heterocycles. The highest BCUT2D eigenvalue weighted by Crippen LogP contribution is 2.30. The Hall–Kier alpha value is -1.03. The van der Waals surface area contributed by atoms with Gasteiger partial charge in [-0.15, -0.1) is 11.8 Å². The van der Waals surface area contributed by atoms with Crippen LogP contribution in [0.15, 0.2) is 47.4 Å². The van der Waals surface area contributed by atoms with E-state index >= 15 is 0 Å². The van der Waals surface area contributed by atoms with Gasteiger partial charge < -0.3 is 5.73 Å². The first-order valence-electron chi connectivity index (χ1n) is 5.97. The molecule has 2 aromatic rings. The molecule has 0 bridgehead atoms. The number of hydrogen-bond donors (Lipinski definition) is 1. The van der Waals surface area contributed by atoms with Crippen LogP contribution in [-0.4, -0.2) is 5.75 Å². The summed E-state index contributed by atoms with van der Waals surface area (Å²) in [4.78, 5) is 0.965. The average Bonchev–Trinajstić information content (AvgIpc) is 2.40. The highest BCUT2D eigenvalue weighted by molar-refractivity contribution is 7.99. The van der Waals surface area contributed by atoms with Gasteiger partial charge in [0.25, 0.3) is 0 Å². The molecule has 0 aliphatic rings. The number of halogens is 2. The zero-order chi connectivity index (χ0) is 13.8. The lowest BCUT2D eigenvalue weighted by Crippen LogP contribution is -2.15. The first-order valence-corrected chi connectivity index (χ1v) is 7.33. The highest BCUT2D eigenvalue weighted by atomic mass is 35.5. The first kappa shape index (κ1) is 14.4. The van der Waals surface area contributed by atoms with Crippen molar-refractivity contribution in [1.29, 1.82) is 0 Å². The predicted octanol–water partition coefficient (Wildman–Crippen LogP) is 4.58. The number of aryl methyl sites for hydroxylation is 1. The maximum atomic E-state index is 13.7. The van der Waals surface area contributed by atoms with Gasteiger partial charge in [0, 0.05) is 22.3 Å². The number of nitrogens with two attached hydrogens (primary N) is 1. The zero-order valence-electron chi connectivity index (χ0n) is 10.6. The Morgan fingerprint density at radius 2 is 2.00 bits per heavy atom. The minimum Gasteiger partial charge on any atom is -0.323 e. The predicted molar refractivity (Wildman–Crippen MR) is 80.2 cm³/mol. The normalized spacial score (nSPS) is 12.4. The molecule has 2 N–H and O–H groups in total. The van der Waals surface area contributed by atoms with E-state index < -0.39 is 0 Å². The molecule has 100 valence electrons. The van der Waals surface area contributed by atoms with Gasteiger partial charge in [0.05, 0.1) is 5.02 Å². The zero-order valence-corrected chi connectivity index (χ0v) is 12.1. The minimum atomic E-state index is -0.346. The fourth-order valence-corrected chi connectivity index (χ4v) is 3.00. The van der Waals surface area contributed by atoms with E-state index in [0.717, 1.165) is 10.5 Å². The number of thioether (sulfide) groups is 1. The largest absolute Gasteiger partial charge is 0.323 e. The van der Waals surface area contributed by atoms with E-state index in [-0.39, 0.29) is 11.9 Å². The van der Waals surface area contributed by atoms with Gasteiger partial charge in [-0.25, -0.2) is 4.39 Å². The first-order chi connectivity index (χ1) is 9.08. The Balaban J connectivity index is 2.07. The van der Waals surface area contributed by atoms with Crippen molar-refractivity contribution in [1.82, 2.24) is 0 Å². The van der Waals surface area contributed by atoms with Gasteiger partial charge in [-0.2, -0.15) is 0 Å². The molecule has 4 heteroatoms. The minimum absolute atomic E-state index is 0.252. The summed E-state index contributed by atoms with van der Waals surface area (Å²) >= 11 is 7.62. The van der Waals surface area contributed by atoms with Gasteiger partial charge in [-0.05, 0) is 25.1 Å². The van der Waals surface area contributed by atoms with Crippen molar-refractivity contribution < 1.29 is 4.39 Å². The molecular weight excluding hydrogens is 281 g/mol. The van der Waals surface area contributed by atoms with Crippen LogP contribution in [0.3, 0.4) is 0 Å². The molecule has 1 nitrogen and oxygen atoms in total. The quantitative estimate of drug-likeness (QED) is 0.836. The summed E-state index contributed by atoms with van der Waals surface area (Å²) in [5.74, 6) is 0.335. The number of hydrogen-bond acceptors (Lipinski definition) is 2. The fraction of sp³-hybridized carbons (Fsp3) is 0.200. The van der Waals surface area contributed by atoms with Gasteiger partial charge in [0.2, 0.25) is 0 Å². The second-order valence-corrected chi connectivity index (χ2v) is 5.84. The van der Waals surface area contributed by atoms with Gasteiger partial charge in [0.1, 0.15) is 5.82 Å². The Kier molecular flexibility index (Phi) is 4.86. The number of benzene rings is 2. The summed E-state index contributed by atoms with van der Waals surface area (Å²) in [6.45, 7) is 1.93. The lowest BCUT2D eigenvalue weighted by atomic mass is 10.1. The third-order valence-electron chi connectivity index (χ3n) is 2.81. The molecule has 0 spiro atoms. The highest BCUT2D eigenvalue weighted by Gasteiger charge is 2.12. The van der Waals surface area contributed by atoms with Gasteiger partial charge in [0.15, 0.2) is 0 Å². The van der Waals surface area contributed by atoms with Crippen molar-refractivity contribution in [3.63, 3.8) is 0 Å². The van der Waals surface area contributed by atoms with Crippen LogP contribution in [0.25, 0.3) is 0 Å². The summed E-state index contributed by atoms with van der Waals surface area (Å²) in [5, 5.41) is 0.699. The van der Waals surface area contributed by atoms with Crippen molar-refractivity contribution in [3.05, 3.63) is 64.4 Å². The third kappa shape index (κ3) is 3.72. The second-order valence-electron chi connectivity index (χ2n) is 4.37. The van der Waals surface area contributed by atoms with E-state index in [0.29, 0.717) is 16.3 Å². The third-order valence-corrected chi connectivity index (χ3v) is 4.44. The van der Waals surface area contributed by atoms with Crippen LogP contribution >= 0.6 is 23.4 Å². The van der Waals surface area contributed by atoms with E-state index in [9.17, 15) is 4.39 Å². The Bertz CT molecular complexity index is 574. The fourth-order valence-electron chi connectivity index (χ4n) is 1.78. The second kappa shape index (κ2) is 6.42. The van der Waals surface area contributed by atoms with Crippen LogP contribution in [0.5, 0.6) is 0 Å². The standard InChI is InChI=1S/C15H15ClFNS/c1-10-6-7-13(17)11(8-10)14(18)9-19-15-5-3-2-4-12(15)16/h2-8,14H,9,18H2,1H3. The van der Waals surface area contributed by atoms with Crippen molar-refractivity contribution in [2.24, 2.45) is 5.73 Å².